The van der Waals surface area contributed by atoms with Crippen molar-refractivity contribution in [1.82, 2.24) is 10.2 Å². The molecule has 1 aliphatic heterocycles. The van der Waals surface area contributed by atoms with E-state index in [-0.39, 0.29) is 5.91 Å². The molecule has 3 nitrogen and oxygen atoms in total. The number of amides is 1. The minimum absolute atomic E-state index is 0.0498. The predicted molar refractivity (Wildman–Crippen MR) is 86.1 cm³/mol. The Bertz CT molecular complexity index is 503. The summed E-state index contributed by atoms with van der Waals surface area (Å²) in [5.41, 5.74) is 0.435. The van der Waals surface area contributed by atoms with Crippen LogP contribution in [0.15, 0.2) is 18.2 Å². The van der Waals surface area contributed by atoms with Crippen LogP contribution in [0.5, 0.6) is 0 Å². The minimum atomic E-state index is -0.0498. The molecule has 2 aliphatic rings. The summed E-state index contributed by atoms with van der Waals surface area (Å²) in [7, 11) is 0. The van der Waals surface area contributed by atoms with Crippen LogP contribution >= 0.6 is 23.2 Å². The smallest absolute Gasteiger partial charge is 0.256 e. The van der Waals surface area contributed by atoms with Crippen molar-refractivity contribution in [3.05, 3.63) is 33.8 Å². The highest BCUT2D eigenvalue weighted by Crippen LogP contribution is 2.29. The van der Waals surface area contributed by atoms with E-state index in [1.807, 2.05) is 4.90 Å². The molecule has 0 unspecified atom stereocenters. The quantitative estimate of drug-likeness (QED) is 0.916. The van der Waals surface area contributed by atoms with Gasteiger partial charge in [-0.1, -0.05) is 29.3 Å². The second-order valence-electron chi connectivity index (χ2n) is 6.01. The molecule has 3 rings (SSSR count). The standard InChI is InChI=1S/C16H20Cl2N2O/c17-13-2-1-3-14(18)15(13)16(21)20-8-6-12(7-9-20)19-10-11-4-5-11/h1-3,11-12,19H,4-10H2. The summed E-state index contributed by atoms with van der Waals surface area (Å²) in [6.07, 6.45) is 4.74. The molecule has 5 heteroatoms. The molecule has 1 heterocycles. The first-order valence-corrected chi connectivity index (χ1v) is 8.37. The number of hydrogen-bond acceptors (Lipinski definition) is 2. The van der Waals surface area contributed by atoms with Crippen molar-refractivity contribution in [2.24, 2.45) is 5.92 Å². The highest BCUT2D eigenvalue weighted by Gasteiger charge is 2.27. The van der Waals surface area contributed by atoms with Gasteiger partial charge in [0.25, 0.3) is 5.91 Å². The SMILES string of the molecule is O=C(c1c(Cl)cccc1Cl)N1CCC(NCC2CC2)CC1. The van der Waals surface area contributed by atoms with Crippen LogP contribution in [0.1, 0.15) is 36.0 Å². The topological polar surface area (TPSA) is 32.3 Å². The number of carbonyl (C=O) groups is 1. The highest BCUT2D eigenvalue weighted by atomic mass is 35.5. The van der Waals surface area contributed by atoms with E-state index < -0.39 is 0 Å². The molecule has 2 fully saturated rings. The van der Waals surface area contributed by atoms with E-state index in [0.717, 1.165) is 38.4 Å². The van der Waals surface area contributed by atoms with E-state index in [2.05, 4.69) is 5.32 Å². The molecule has 0 bridgehead atoms. The zero-order chi connectivity index (χ0) is 14.8. The van der Waals surface area contributed by atoms with Gasteiger partial charge in [0.05, 0.1) is 15.6 Å². The van der Waals surface area contributed by atoms with Crippen molar-refractivity contribution < 1.29 is 4.79 Å². The second kappa shape index (κ2) is 6.55. The number of halogens is 2. The van der Waals surface area contributed by atoms with Gasteiger partial charge in [-0.05, 0) is 50.3 Å². The monoisotopic (exact) mass is 326 g/mol. The third-order valence-corrected chi connectivity index (χ3v) is 4.98. The zero-order valence-electron chi connectivity index (χ0n) is 11.9. The van der Waals surface area contributed by atoms with Crippen molar-refractivity contribution in [2.75, 3.05) is 19.6 Å². The maximum absolute atomic E-state index is 12.6. The van der Waals surface area contributed by atoms with Crippen LogP contribution in [0.25, 0.3) is 0 Å². The van der Waals surface area contributed by atoms with Crippen LogP contribution in [0.3, 0.4) is 0 Å². The molecule has 0 spiro atoms. The van der Waals surface area contributed by atoms with Crippen molar-refractivity contribution in [2.45, 2.75) is 31.7 Å². The van der Waals surface area contributed by atoms with Crippen molar-refractivity contribution in [3.8, 4) is 0 Å². The van der Waals surface area contributed by atoms with Crippen LogP contribution < -0.4 is 5.32 Å². The van der Waals surface area contributed by atoms with Crippen molar-refractivity contribution in [1.29, 1.82) is 0 Å². The Morgan fingerprint density at radius 1 is 1.14 bits per heavy atom. The van der Waals surface area contributed by atoms with E-state index >= 15 is 0 Å². The van der Waals surface area contributed by atoms with Gasteiger partial charge in [0, 0.05) is 19.1 Å². The van der Waals surface area contributed by atoms with Crippen LogP contribution in [0.4, 0.5) is 0 Å². The fourth-order valence-corrected chi connectivity index (χ4v) is 3.36. The van der Waals surface area contributed by atoms with Gasteiger partial charge in [-0.15, -0.1) is 0 Å². The Labute approximate surface area is 135 Å². The van der Waals surface area contributed by atoms with E-state index in [4.69, 9.17) is 23.2 Å². The molecule has 114 valence electrons. The Morgan fingerprint density at radius 3 is 2.33 bits per heavy atom. The molecule has 1 saturated carbocycles. The van der Waals surface area contributed by atoms with Gasteiger partial charge in [0.2, 0.25) is 0 Å². The van der Waals surface area contributed by atoms with Crippen LogP contribution in [0, 0.1) is 5.92 Å². The minimum Gasteiger partial charge on any atom is -0.338 e. The van der Waals surface area contributed by atoms with Gasteiger partial charge >= 0.3 is 0 Å². The first kappa shape index (κ1) is 15.1. The van der Waals surface area contributed by atoms with E-state index in [0.29, 0.717) is 21.7 Å². The fraction of sp³-hybridized carbons (Fsp3) is 0.562. The highest BCUT2D eigenvalue weighted by molar-refractivity contribution is 6.39. The summed E-state index contributed by atoms with van der Waals surface area (Å²) >= 11 is 12.2. The Balaban J connectivity index is 1.57. The van der Waals surface area contributed by atoms with Crippen LogP contribution in [0.2, 0.25) is 10.0 Å². The number of hydrogen-bond donors (Lipinski definition) is 1. The molecule has 1 aromatic carbocycles. The average molecular weight is 327 g/mol. The van der Waals surface area contributed by atoms with E-state index in [1.165, 1.54) is 12.8 Å². The number of piperidine rings is 1. The van der Waals surface area contributed by atoms with E-state index in [1.54, 1.807) is 18.2 Å². The number of nitrogens with zero attached hydrogens (tertiary/aromatic N) is 1. The maximum atomic E-state index is 12.6. The lowest BCUT2D eigenvalue weighted by atomic mass is 10.0. The summed E-state index contributed by atoms with van der Waals surface area (Å²) in [4.78, 5) is 14.4. The molecule has 0 radical (unpaired) electrons. The van der Waals surface area contributed by atoms with Gasteiger partial charge in [0.1, 0.15) is 0 Å². The zero-order valence-corrected chi connectivity index (χ0v) is 13.5. The largest absolute Gasteiger partial charge is 0.338 e. The molecular weight excluding hydrogens is 307 g/mol. The first-order valence-electron chi connectivity index (χ1n) is 7.62. The third-order valence-electron chi connectivity index (χ3n) is 4.35. The number of likely N-dealkylation sites (tertiary alicyclic amines) is 1. The molecule has 1 saturated heterocycles. The predicted octanol–water partition coefficient (Wildman–Crippen LogP) is 3.60. The summed E-state index contributed by atoms with van der Waals surface area (Å²) in [6, 6.07) is 5.72. The molecule has 1 N–H and O–H groups in total. The molecule has 1 amide bonds. The number of carbonyl (C=O) groups excluding carboxylic acids is 1. The number of nitrogens with one attached hydrogen (secondary N) is 1. The van der Waals surface area contributed by atoms with Gasteiger partial charge in [-0.2, -0.15) is 0 Å². The molecule has 1 aromatic rings. The fourth-order valence-electron chi connectivity index (χ4n) is 2.80. The lowest BCUT2D eigenvalue weighted by molar-refractivity contribution is 0.0705. The summed E-state index contributed by atoms with van der Waals surface area (Å²) in [5.74, 6) is 0.845. The molecule has 0 atom stereocenters. The summed E-state index contributed by atoms with van der Waals surface area (Å²) in [6.45, 7) is 2.67. The van der Waals surface area contributed by atoms with Crippen molar-refractivity contribution >= 4 is 29.1 Å². The molecule has 21 heavy (non-hydrogen) atoms. The lowest BCUT2D eigenvalue weighted by Crippen LogP contribution is -2.45. The Kier molecular flexibility index (Phi) is 4.72. The first-order chi connectivity index (χ1) is 10.1. The van der Waals surface area contributed by atoms with Crippen molar-refractivity contribution in [3.63, 3.8) is 0 Å². The number of benzene rings is 1. The van der Waals surface area contributed by atoms with Gasteiger partial charge in [-0.3, -0.25) is 4.79 Å². The molecular formula is C16H20Cl2N2O. The van der Waals surface area contributed by atoms with Gasteiger partial charge in [0.15, 0.2) is 0 Å². The van der Waals surface area contributed by atoms with Crippen LogP contribution in [-0.4, -0.2) is 36.5 Å². The van der Waals surface area contributed by atoms with Gasteiger partial charge < -0.3 is 10.2 Å². The van der Waals surface area contributed by atoms with E-state index in [9.17, 15) is 4.79 Å². The second-order valence-corrected chi connectivity index (χ2v) is 6.83. The Morgan fingerprint density at radius 2 is 1.76 bits per heavy atom. The third kappa shape index (κ3) is 3.71. The average Bonchev–Trinajstić information content (AvgIpc) is 3.29. The molecule has 0 aromatic heterocycles. The summed E-state index contributed by atoms with van der Waals surface area (Å²) < 4.78 is 0. The normalized spacial score (nSPS) is 19.8. The Hall–Kier alpha value is -0.770. The van der Waals surface area contributed by atoms with Gasteiger partial charge in [-0.25, -0.2) is 0 Å². The summed E-state index contributed by atoms with van der Waals surface area (Å²) in [5, 5.41) is 4.48. The van der Waals surface area contributed by atoms with Crippen LogP contribution in [-0.2, 0) is 0 Å². The lowest BCUT2D eigenvalue weighted by Gasteiger charge is -2.33. The number of rotatable bonds is 4. The maximum Gasteiger partial charge on any atom is 0.256 e. The molecule has 1 aliphatic carbocycles.